The number of carbonyl (C=O) groups excluding carboxylic acids is 2. The number of hydrogen-bond acceptors (Lipinski definition) is 3. The minimum absolute atomic E-state index is 0.140. The molecule has 0 saturated heterocycles. The van der Waals surface area contributed by atoms with Gasteiger partial charge in [-0.15, -0.1) is 6.58 Å². The van der Waals surface area contributed by atoms with E-state index in [1.165, 1.54) is 0 Å². The van der Waals surface area contributed by atoms with Crippen LogP contribution in [-0.4, -0.2) is 40.3 Å². The predicted octanol–water partition coefficient (Wildman–Crippen LogP) is 2.65. The summed E-state index contributed by atoms with van der Waals surface area (Å²) in [6.07, 6.45) is 4.77. The normalized spacial score (nSPS) is 11.7. The van der Waals surface area contributed by atoms with Crippen molar-refractivity contribution in [1.29, 1.82) is 0 Å². The summed E-state index contributed by atoms with van der Waals surface area (Å²) in [5, 5.41) is 2.78. The molecule has 0 fully saturated rings. The number of amides is 2. The largest absolute Gasteiger partial charge is 0.351 e. The van der Waals surface area contributed by atoms with Gasteiger partial charge >= 0.3 is 0 Å². The lowest BCUT2D eigenvalue weighted by atomic mass is 9.91. The monoisotopic (exact) mass is 317 g/mol. The number of rotatable bonds is 6. The van der Waals surface area contributed by atoms with Gasteiger partial charge in [0.2, 0.25) is 5.91 Å². The second-order valence-electron chi connectivity index (χ2n) is 7.25. The quantitative estimate of drug-likeness (QED) is 0.821. The molecule has 1 N–H and O–H groups in total. The fraction of sp³-hybridized carbons (Fsp3) is 0.500. The van der Waals surface area contributed by atoms with Crippen LogP contribution >= 0.6 is 0 Å². The maximum absolute atomic E-state index is 12.9. The molecular weight excluding hydrogens is 290 g/mol. The summed E-state index contributed by atoms with van der Waals surface area (Å²) in [5.74, 6) is -0.384. The predicted molar refractivity (Wildman–Crippen MR) is 92.0 cm³/mol. The fourth-order valence-corrected chi connectivity index (χ4v) is 2.15. The number of carbonyl (C=O) groups is 2. The third-order valence-electron chi connectivity index (χ3n) is 3.44. The molecule has 1 rings (SSSR count). The Labute approximate surface area is 138 Å². The van der Waals surface area contributed by atoms with E-state index in [0.717, 1.165) is 0 Å². The van der Waals surface area contributed by atoms with Crippen molar-refractivity contribution in [3.8, 4) is 0 Å². The van der Waals surface area contributed by atoms with Gasteiger partial charge < -0.3 is 10.2 Å². The minimum atomic E-state index is -0.976. The molecule has 5 heteroatoms. The highest BCUT2D eigenvalue weighted by Crippen LogP contribution is 2.25. The van der Waals surface area contributed by atoms with Crippen LogP contribution in [0, 0.1) is 5.41 Å². The fourth-order valence-electron chi connectivity index (χ4n) is 2.15. The molecule has 0 aliphatic heterocycles. The molecule has 0 aromatic carbocycles. The summed E-state index contributed by atoms with van der Waals surface area (Å²) in [6.45, 7) is 14.1. The van der Waals surface area contributed by atoms with Crippen molar-refractivity contribution in [3.63, 3.8) is 0 Å². The maximum Gasteiger partial charge on any atom is 0.254 e. The van der Waals surface area contributed by atoms with Crippen LogP contribution in [0.5, 0.6) is 0 Å². The van der Waals surface area contributed by atoms with Crippen LogP contribution in [0.2, 0.25) is 0 Å². The molecule has 0 unspecified atom stereocenters. The van der Waals surface area contributed by atoms with Gasteiger partial charge in [0, 0.05) is 31.0 Å². The Morgan fingerprint density at radius 1 is 1.22 bits per heavy atom. The molecule has 5 nitrogen and oxygen atoms in total. The topological polar surface area (TPSA) is 62.3 Å². The van der Waals surface area contributed by atoms with Gasteiger partial charge in [-0.1, -0.05) is 26.8 Å². The zero-order valence-electron chi connectivity index (χ0n) is 14.7. The molecule has 1 aromatic heterocycles. The SMILES string of the molecule is C=CCNC(=O)C(C)(C)N(CC(C)(C)C)C(=O)c1ccncc1. The van der Waals surface area contributed by atoms with Crippen LogP contribution in [0.3, 0.4) is 0 Å². The highest BCUT2D eigenvalue weighted by atomic mass is 16.2. The van der Waals surface area contributed by atoms with Crippen molar-refractivity contribution >= 4 is 11.8 Å². The molecule has 126 valence electrons. The number of hydrogen-bond donors (Lipinski definition) is 1. The van der Waals surface area contributed by atoms with Crippen molar-refractivity contribution < 1.29 is 9.59 Å². The molecule has 0 atom stereocenters. The minimum Gasteiger partial charge on any atom is -0.351 e. The first-order valence-corrected chi connectivity index (χ1v) is 7.71. The van der Waals surface area contributed by atoms with Gasteiger partial charge in [-0.05, 0) is 31.4 Å². The lowest BCUT2D eigenvalue weighted by Gasteiger charge is -2.41. The Morgan fingerprint density at radius 2 is 1.78 bits per heavy atom. The summed E-state index contributed by atoms with van der Waals surface area (Å²) in [4.78, 5) is 31.0. The van der Waals surface area contributed by atoms with Crippen LogP contribution < -0.4 is 5.32 Å². The van der Waals surface area contributed by atoms with Gasteiger partial charge in [-0.2, -0.15) is 0 Å². The average Bonchev–Trinajstić information content (AvgIpc) is 2.49. The van der Waals surface area contributed by atoms with E-state index in [1.54, 1.807) is 49.3 Å². The number of nitrogens with zero attached hydrogens (tertiary/aromatic N) is 2. The van der Waals surface area contributed by atoms with Crippen molar-refractivity contribution in [2.75, 3.05) is 13.1 Å². The molecule has 1 heterocycles. The Hall–Kier alpha value is -2.17. The van der Waals surface area contributed by atoms with Gasteiger partial charge in [0.1, 0.15) is 5.54 Å². The molecule has 0 spiro atoms. The Bertz CT molecular complexity index is 559. The van der Waals surface area contributed by atoms with E-state index in [0.29, 0.717) is 18.7 Å². The maximum atomic E-state index is 12.9. The van der Waals surface area contributed by atoms with Crippen LogP contribution in [0.15, 0.2) is 37.2 Å². The third kappa shape index (κ3) is 5.20. The molecule has 0 bridgehead atoms. The molecular formula is C18H27N3O2. The zero-order valence-corrected chi connectivity index (χ0v) is 14.7. The van der Waals surface area contributed by atoms with Crippen LogP contribution in [0.4, 0.5) is 0 Å². The molecule has 0 aliphatic carbocycles. The van der Waals surface area contributed by atoms with Crippen LogP contribution in [0.1, 0.15) is 45.0 Å². The molecule has 0 aliphatic rings. The van der Waals surface area contributed by atoms with Crippen molar-refractivity contribution in [2.45, 2.75) is 40.2 Å². The summed E-state index contributed by atoms with van der Waals surface area (Å²) in [5.41, 5.74) is -0.594. The molecule has 2 amide bonds. The van der Waals surface area contributed by atoms with Gasteiger partial charge in [0.25, 0.3) is 5.91 Å². The molecule has 0 saturated carbocycles. The Morgan fingerprint density at radius 3 is 2.26 bits per heavy atom. The van der Waals surface area contributed by atoms with Crippen molar-refractivity contribution in [1.82, 2.24) is 15.2 Å². The second kappa shape index (κ2) is 7.40. The molecule has 23 heavy (non-hydrogen) atoms. The highest BCUT2D eigenvalue weighted by molar-refractivity contribution is 5.98. The third-order valence-corrected chi connectivity index (χ3v) is 3.44. The number of aromatic nitrogens is 1. The summed E-state index contributed by atoms with van der Waals surface area (Å²) >= 11 is 0. The average molecular weight is 317 g/mol. The van der Waals surface area contributed by atoms with Gasteiger partial charge in [0.15, 0.2) is 0 Å². The van der Waals surface area contributed by atoms with E-state index in [9.17, 15) is 9.59 Å². The first kappa shape index (κ1) is 18.9. The van der Waals surface area contributed by atoms with Gasteiger partial charge in [0.05, 0.1) is 0 Å². The lowest BCUT2D eigenvalue weighted by Crippen LogP contribution is -2.59. The smallest absolute Gasteiger partial charge is 0.254 e. The van der Waals surface area contributed by atoms with Crippen molar-refractivity contribution in [3.05, 3.63) is 42.7 Å². The van der Waals surface area contributed by atoms with Crippen LogP contribution in [-0.2, 0) is 4.79 Å². The summed E-state index contributed by atoms with van der Waals surface area (Å²) in [7, 11) is 0. The van der Waals surface area contributed by atoms with Gasteiger partial charge in [-0.3, -0.25) is 14.6 Å². The second-order valence-corrected chi connectivity index (χ2v) is 7.25. The Balaban J connectivity index is 3.16. The summed E-state index contributed by atoms with van der Waals surface area (Å²) in [6, 6.07) is 3.32. The van der Waals surface area contributed by atoms with Crippen LogP contribution in [0.25, 0.3) is 0 Å². The van der Waals surface area contributed by atoms with E-state index in [4.69, 9.17) is 0 Å². The van der Waals surface area contributed by atoms with E-state index in [2.05, 4.69) is 16.9 Å². The van der Waals surface area contributed by atoms with Gasteiger partial charge in [-0.25, -0.2) is 0 Å². The van der Waals surface area contributed by atoms with E-state index in [1.807, 2.05) is 20.8 Å². The van der Waals surface area contributed by atoms with Crippen molar-refractivity contribution in [2.24, 2.45) is 5.41 Å². The van der Waals surface area contributed by atoms with E-state index in [-0.39, 0.29) is 17.2 Å². The van der Waals surface area contributed by atoms with E-state index >= 15 is 0 Å². The first-order valence-electron chi connectivity index (χ1n) is 7.71. The molecule has 0 radical (unpaired) electrons. The van der Waals surface area contributed by atoms with E-state index < -0.39 is 5.54 Å². The molecule has 1 aromatic rings. The summed E-state index contributed by atoms with van der Waals surface area (Å²) < 4.78 is 0. The standard InChI is InChI=1S/C18H27N3O2/c1-7-10-20-16(23)18(5,6)21(13-17(2,3)4)15(22)14-8-11-19-12-9-14/h7-9,11-12H,1,10,13H2,2-6H3,(H,20,23). The lowest BCUT2D eigenvalue weighted by molar-refractivity contribution is -0.130. The zero-order chi connectivity index (χ0) is 17.7. The number of pyridine rings is 1. The highest BCUT2D eigenvalue weighted by Gasteiger charge is 2.39. The number of nitrogens with one attached hydrogen (secondary N) is 1. The Kier molecular flexibility index (Phi) is 6.07. The first-order chi connectivity index (χ1) is 10.6.